The molecular formula is C10H16O4. The van der Waals surface area contributed by atoms with Gasteiger partial charge in [-0.2, -0.15) is 0 Å². The van der Waals surface area contributed by atoms with Crippen molar-refractivity contribution in [2.45, 2.75) is 26.9 Å². The Morgan fingerprint density at radius 3 is 2.29 bits per heavy atom. The number of rotatable bonds is 6. The molecule has 0 rings (SSSR count). The van der Waals surface area contributed by atoms with Crippen molar-refractivity contribution in [1.29, 1.82) is 0 Å². The lowest BCUT2D eigenvalue weighted by atomic mass is 10.1. The molecule has 4 nitrogen and oxygen atoms in total. The van der Waals surface area contributed by atoms with Crippen molar-refractivity contribution in [1.82, 2.24) is 0 Å². The second-order valence-corrected chi connectivity index (χ2v) is 2.89. The lowest BCUT2D eigenvalue weighted by molar-refractivity contribution is -0.147. The zero-order valence-corrected chi connectivity index (χ0v) is 8.83. The maximum absolute atomic E-state index is 11.4. The predicted octanol–water partition coefficient (Wildman–Crippen LogP) is 1.10. The van der Waals surface area contributed by atoms with Crippen LogP contribution in [0.2, 0.25) is 0 Å². The van der Waals surface area contributed by atoms with E-state index in [0.717, 1.165) is 0 Å². The molecule has 1 unspecified atom stereocenters. The van der Waals surface area contributed by atoms with Crippen molar-refractivity contribution in [3.05, 3.63) is 12.2 Å². The molecule has 0 aliphatic rings. The second kappa shape index (κ2) is 6.32. The minimum Gasteiger partial charge on any atom is -0.463 e. The molecule has 80 valence electrons. The van der Waals surface area contributed by atoms with Crippen molar-refractivity contribution in [2.75, 3.05) is 13.2 Å². The molecule has 0 amide bonds. The Bertz CT molecular complexity index is 232. The minimum absolute atomic E-state index is 0.0468. The Kier molecular flexibility index (Phi) is 5.79. The van der Waals surface area contributed by atoms with E-state index >= 15 is 0 Å². The number of ether oxygens (including phenoxy) is 2. The summed E-state index contributed by atoms with van der Waals surface area (Å²) in [5.74, 6) is -0.655. The molecule has 0 saturated carbocycles. The van der Waals surface area contributed by atoms with Gasteiger partial charge >= 0.3 is 5.97 Å². The largest absolute Gasteiger partial charge is 0.463 e. The van der Waals surface area contributed by atoms with E-state index in [1.54, 1.807) is 13.8 Å². The summed E-state index contributed by atoms with van der Waals surface area (Å²) in [5, 5.41) is 0. The van der Waals surface area contributed by atoms with Gasteiger partial charge in [0, 0.05) is 13.5 Å². The van der Waals surface area contributed by atoms with Crippen molar-refractivity contribution in [3.8, 4) is 0 Å². The molecule has 14 heavy (non-hydrogen) atoms. The van der Waals surface area contributed by atoms with Crippen LogP contribution in [0.4, 0.5) is 0 Å². The fourth-order valence-electron chi connectivity index (χ4n) is 0.869. The molecule has 0 aromatic heterocycles. The van der Waals surface area contributed by atoms with Crippen molar-refractivity contribution >= 4 is 11.8 Å². The van der Waals surface area contributed by atoms with Gasteiger partial charge in [0.05, 0.1) is 0 Å². The smallest absolute Gasteiger partial charge is 0.302 e. The highest BCUT2D eigenvalue weighted by Gasteiger charge is 2.20. The third kappa shape index (κ3) is 4.77. The molecular weight excluding hydrogens is 184 g/mol. The average molecular weight is 200 g/mol. The Morgan fingerprint density at radius 1 is 1.36 bits per heavy atom. The molecule has 0 N–H and O–H groups in total. The van der Waals surface area contributed by atoms with Crippen molar-refractivity contribution < 1.29 is 19.1 Å². The average Bonchev–Trinajstić information content (AvgIpc) is 2.10. The molecule has 1 atom stereocenters. The van der Waals surface area contributed by atoms with Crippen LogP contribution in [0.25, 0.3) is 0 Å². The fraction of sp³-hybridized carbons (Fsp3) is 0.600. The summed E-state index contributed by atoms with van der Waals surface area (Å²) >= 11 is 0. The van der Waals surface area contributed by atoms with E-state index in [0.29, 0.717) is 12.2 Å². The van der Waals surface area contributed by atoms with Crippen LogP contribution in [0, 0.1) is 0 Å². The summed E-state index contributed by atoms with van der Waals surface area (Å²) in [4.78, 5) is 22.0. The minimum atomic E-state index is -0.721. The molecule has 0 aliphatic heterocycles. The zero-order valence-electron chi connectivity index (χ0n) is 8.83. The van der Waals surface area contributed by atoms with Gasteiger partial charge in [0.1, 0.15) is 6.61 Å². The van der Waals surface area contributed by atoms with Crippen LogP contribution in [0.1, 0.15) is 20.8 Å². The van der Waals surface area contributed by atoms with E-state index in [-0.39, 0.29) is 12.4 Å². The van der Waals surface area contributed by atoms with E-state index in [1.807, 2.05) is 0 Å². The Labute approximate surface area is 83.9 Å². The quantitative estimate of drug-likeness (QED) is 0.476. The summed E-state index contributed by atoms with van der Waals surface area (Å²) < 4.78 is 9.83. The first-order valence-corrected chi connectivity index (χ1v) is 4.43. The number of ketones is 1. The fourth-order valence-corrected chi connectivity index (χ4v) is 0.869. The van der Waals surface area contributed by atoms with Gasteiger partial charge in [-0.15, -0.1) is 0 Å². The molecule has 0 saturated heterocycles. The van der Waals surface area contributed by atoms with E-state index in [4.69, 9.17) is 9.47 Å². The molecule has 4 heteroatoms. The number of carbonyl (C=O) groups is 2. The standard InChI is InChI=1S/C10H16O4/c1-5-13-9(6-14-8(4)11)10(12)7(2)3/h9H,2,5-6H2,1,3-4H3. The maximum Gasteiger partial charge on any atom is 0.302 e. The third-order valence-electron chi connectivity index (χ3n) is 1.52. The topological polar surface area (TPSA) is 52.6 Å². The number of Topliss-reactive ketones (excluding diaryl/α,β-unsaturated/α-hetero) is 1. The lowest BCUT2D eigenvalue weighted by Crippen LogP contribution is -2.30. The number of esters is 1. The van der Waals surface area contributed by atoms with Crippen LogP contribution >= 0.6 is 0 Å². The monoisotopic (exact) mass is 200 g/mol. The van der Waals surface area contributed by atoms with Crippen LogP contribution in [0.3, 0.4) is 0 Å². The Balaban J connectivity index is 4.21. The van der Waals surface area contributed by atoms with E-state index in [1.165, 1.54) is 6.92 Å². The molecule has 0 aromatic carbocycles. The van der Waals surface area contributed by atoms with Crippen LogP contribution in [-0.4, -0.2) is 31.1 Å². The normalized spacial score (nSPS) is 11.9. The molecule has 0 radical (unpaired) electrons. The van der Waals surface area contributed by atoms with Crippen LogP contribution < -0.4 is 0 Å². The van der Waals surface area contributed by atoms with Gasteiger partial charge in [-0.3, -0.25) is 9.59 Å². The highest BCUT2D eigenvalue weighted by Crippen LogP contribution is 2.02. The van der Waals surface area contributed by atoms with E-state index in [2.05, 4.69) is 6.58 Å². The Hall–Kier alpha value is -1.16. The van der Waals surface area contributed by atoms with E-state index < -0.39 is 12.1 Å². The lowest BCUT2D eigenvalue weighted by Gasteiger charge is -2.15. The maximum atomic E-state index is 11.4. The summed E-state index contributed by atoms with van der Waals surface area (Å²) in [6.45, 7) is 8.52. The molecule has 0 fully saturated rings. The highest BCUT2D eigenvalue weighted by molar-refractivity contribution is 5.97. The molecule has 0 spiro atoms. The summed E-state index contributed by atoms with van der Waals surface area (Å²) in [7, 11) is 0. The number of hydrogen-bond acceptors (Lipinski definition) is 4. The Morgan fingerprint density at radius 2 is 1.93 bits per heavy atom. The summed E-state index contributed by atoms with van der Waals surface area (Å²) in [6.07, 6.45) is -0.721. The SMILES string of the molecule is C=C(C)C(=O)C(COC(C)=O)OCC. The van der Waals surface area contributed by atoms with E-state index in [9.17, 15) is 9.59 Å². The third-order valence-corrected chi connectivity index (χ3v) is 1.52. The van der Waals surface area contributed by atoms with Crippen molar-refractivity contribution in [3.63, 3.8) is 0 Å². The first kappa shape index (κ1) is 12.8. The van der Waals surface area contributed by atoms with Gasteiger partial charge in [0.25, 0.3) is 0 Å². The number of hydrogen-bond donors (Lipinski definition) is 0. The molecule has 0 heterocycles. The second-order valence-electron chi connectivity index (χ2n) is 2.89. The first-order chi connectivity index (χ1) is 6.49. The van der Waals surface area contributed by atoms with Gasteiger partial charge in [0.2, 0.25) is 0 Å². The van der Waals surface area contributed by atoms with Gasteiger partial charge in [0.15, 0.2) is 11.9 Å². The van der Waals surface area contributed by atoms with Gasteiger partial charge in [-0.25, -0.2) is 0 Å². The summed E-state index contributed by atoms with van der Waals surface area (Å²) in [5.41, 5.74) is 0.399. The highest BCUT2D eigenvalue weighted by atomic mass is 16.6. The predicted molar refractivity (Wildman–Crippen MR) is 51.9 cm³/mol. The van der Waals surface area contributed by atoms with Gasteiger partial charge in [-0.1, -0.05) is 6.58 Å². The molecule has 0 aliphatic carbocycles. The first-order valence-electron chi connectivity index (χ1n) is 4.43. The summed E-state index contributed by atoms with van der Waals surface area (Å²) in [6, 6.07) is 0. The molecule has 0 bridgehead atoms. The van der Waals surface area contributed by atoms with Crippen LogP contribution in [0.15, 0.2) is 12.2 Å². The number of carbonyl (C=O) groups excluding carboxylic acids is 2. The van der Waals surface area contributed by atoms with Gasteiger partial charge in [-0.05, 0) is 19.4 Å². The van der Waals surface area contributed by atoms with Crippen molar-refractivity contribution in [2.24, 2.45) is 0 Å². The van der Waals surface area contributed by atoms with Gasteiger partial charge < -0.3 is 9.47 Å². The van der Waals surface area contributed by atoms with Crippen LogP contribution in [-0.2, 0) is 19.1 Å². The zero-order chi connectivity index (χ0) is 11.1. The van der Waals surface area contributed by atoms with Crippen LogP contribution in [0.5, 0.6) is 0 Å². The molecule has 0 aromatic rings.